The van der Waals surface area contributed by atoms with Gasteiger partial charge in [-0.15, -0.1) is 11.3 Å². The van der Waals surface area contributed by atoms with Gasteiger partial charge in [-0.3, -0.25) is 0 Å². The third-order valence-corrected chi connectivity index (χ3v) is 21.5. The predicted octanol–water partition coefficient (Wildman–Crippen LogP) is 18.7. The van der Waals surface area contributed by atoms with Gasteiger partial charge < -0.3 is 13.8 Å². The predicted molar refractivity (Wildman–Crippen MR) is 328 cm³/mol. The van der Waals surface area contributed by atoms with Crippen LogP contribution >= 0.6 is 11.3 Å². The minimum absolute atomic E-state index is 0.00578. The van der Waals surface area contributed by atoms with Gasteiger partial charge in [0.2, 0.25) is 0 Å². The van der Waals surface area contributed by atoms with Crippen molar-refractivity contribution < 1.29 is 4.42 Å². The molecule has 5 heteroatoms. The van der Waals surface area contributed by atoms with Crippen molar-refractivity contribution in [3.63, 3.8) is 0 Å². The number of thiophene rings is 1. The van der Waals surface area contributed by atoms with E-state index in [0.717, 1.165) is 17.7 Å². The standard InChI is InChI=1S/C71H73BN2OS/c1-65(2,3)38-21-24-40(25-22-38)74-53-34-43-42-32-48-51(70(13,14)30-28-67(48,7)8)37-56(42)76-55(43)35-45(53)58-57-41-19-17-18-20-47(41)71(15,16)60(57)59-44-33-49-50(69(11,12)29-27-68(49,9)10)36-52(44)73-62-46-31-39(66(4,5)6)23-26-54(46)75-64(62)72(74)61(58)63(59)73/h17-26,31-37H,27-30H2,1-16H3. The molecule has 0 atom stereocenters. The van der Waals surface area contributed by atoms with Crippen molar-refractivity contribution in [3.05, 3.63) is 148 Å². The summed E-state index contributed by atoms with van der Waals surface area (Å²) < 4.78 is 13.2. The lowest BCUT2D eigenvalue weighted by Gasteiger charge is -2.42. The van der Waals surface area contributed by atoms with Gasteiger partial charge in [0, 0.05) is 58.7 Å². The first-order chi connectivity index (χ1) is 35.7. The minimum Gasteiger partial charge on any atom is -0.466 e. The first kappa shape index (κ1) is 47.2. The van der Waals surface area contributed by atoms with E-state index in [9.17, 15) is 0 Å². The molecule has 76 heavy (non-hydrogen) atoms. The molecule has 382 valence electrons. The number of benzene rings is 7. The van der Waals surface area contributed by atoms with Gasteiger partial charge in [-0.05, 0) is 185 Å². The SMILES string of the molecule is CC(C)(C)c1ccc(N2B3c4oc5ccc(C(C)(C)C)cc5c4-n4c5cc6c(cc5c5c7c(c(c3c54)-c3cc4sc5cc8c(cc5c4cc32)C(C)(C)CCC8(C)C)-c2ccccc2C7(C)C)C(C)(C)CCC6(C)C)cc1. The van der Waals surface area contributed by atoms with Crippen LogP contribution in [0.2, 0.25) is 0 Å². The van der Waals surface area contributed by atoms with Crippen LogP contribution in [0.3, 0.4) is 0 Å². The van der Waals surface area contributed by atoms with Gasteiger partial charge in [0.05, 0.1) is 16.7 Å². The first-order valence-electron chi connectivity index (χ1n) is 28.5. The zero-order valence-electron chi connectivity index (χ0n) is 47.9. The van der Waals surface area contributed by atoms with Crippen molar-refractivity contribution in [2.45, 2.75) is 174 Å². The monoisotopic (exact) mass is 1010 g/mol. The van der Waals surface area contributed by atoms with Crippen molar-refractivity contribution in [1.82, 2.24) is 4.57 Å². The Morgan fingerprint density at radius 1 is 0.526 bits per heavy atom. The zero-order valence-corrected chi connectivity index (χ0v) is 48.7. The molecule has 0 bridgehead atoms. The van der Waals surface area contributed by atoms with Gasteiger partial charge in [0.25, 0.3) is 0 Å². The van der Waals surface area contributed by atoms with Crippen LogP contribution < -0.4 is 15.9 Å². The van der Waals surface area contributed by atoms with Gasteiger partial charge in [0.1, 0.15) is 11.2 Å². The van der Waals surface area contributed by atoms with E-state index in [1.165, 1.54) is 156 Å². The minimum atomic E-state index is -0.279. The molecule has 15 rings (SSSR count). The summed E-state index contributed by atoms with van der Waals surface area (Å²) in [5, 5.41) is 6.70. The number of hydrogen-bond acceptors (Lipinski definition) is 3. The van der Waals surface area contributed by atoms with Gasteiger partial charge in [0.15, 0.2) is 0 Å². The van der Waals surface area contributed by atoms with E-state index in [1.807, 2.05) is 11.3 Å². The van der Waals surface area contributed by atoms with E-state index in [0.29, 0.717) is 0 Å². The highest BCUT2D eigenvalue weighted by molar-refractivity contribution is 7.25. The van der Waals surface area contributed by atoms with Crippen molar-refractivity contribution in [2.75, 3.05) is 4.81 Å². The maximum absolute atomic E-state index is 7.70. The number of anilines is 2. The Morgan fingerprint density at radius 3 is 1.74 bits per heavy atom. The fourth-order valence-corrected chi connectivity index (χ4v) is 16.7. The topological polar surface area (TPSA) is 21.3 Å². The molecule has 10 aromatic rings. The van der Waals surface area contributed by atoms with E-state index >= 15 is 0 Å². The highest BCUT2D eigenvalue weighted by Gasteiger charge is 2.53. The summed E-state index contributed by atoms with van der Waals surface area (Å²) in [7, 11) is 0. The molecule has 5 heterocycles. The van der Waals surface area contributed by atoms with E-state index in [-0.39, 0.29) is 44.8 Å². The first-order valence-corrected chi connectivity index (χ1v) is 29.4. The number of fused-ring (bicyclic) bond motifs is 20. The zero-order chi connectivity index (χ0) is 53.1. The third kappa shape index (κ3) is 5.97. The van der Waals surface area contributed by atoms with Crippen LogP contribution in [0.15, 0.2) is 108 Å². The molecule has 5 aliphatic rings. The number of nitrogens with zero attached hydrogens (tertiary/aromatic N) is 2. The molecule has 0 unspecified atom stereocenters. The lowest BCUT2D eigenvalue weighted by Crippen LogP contribution is -2.60. The van der Waals surface area contributed by atoms with Crippen molar-refractivity contribution in [1.29, 1.82) is 0 Å². The van der Waals surface area contributed by atoms with Gasteiger partial charge in [-0.1, -0.05) is 153 Å². The number of furan rings is 1. The average molecular weight is 1010 g/mol. The van der Waals surface area contributed by atoms with Crippen LogP contribution in [-0.4, -0.2) is 11.4 Å². The lowest BCUT2D eigenvalue weighted by molar-refractivity contribution is 0.332. The number of rotatable bonds is 1. The highest BCUT2D eigenvalue weighted by atomic mass is 32.1. The van der Waals surface area contributed by atoms with Crippen molar-refractivity contribution in [3.8, 4) is 27.9 Å². The molecule has 0 radical (unpaired) electrons. The van der Waals surface area contributed by atoms with E-state index in [4.69, 9.17) is 4.42 Å². The Morgan fingerprint density at radius 2 is 1.09 bits per heavy atom. The second kappa shape index (κ2) is 14.4. The molecule has 3 aromatic heterocycles. The van der Waals surface area contributed by atoms with Crippen LogP contribution in [-0.2, 0) is 37.9 Å². The van der Waals surface area contributed by atoms with Crippen LogP contribution in [0.4, 0.5) is 11.4 Å². The van der Waals surface area contributed by atoms with Gasteiger partial charge in [-0.2, -0.15) is 0 Å². The Bertz CT molecular complexity index is 4280. The van der Waals surface area contributed by atoms with Crippen LogP contribution in [0, 0.1) is 0 Å². The smallest absolute Gasteiger partial charge is 0.375 e. The van der Waals surface area contributed by atoms with Gasteiger partial charge in [-0.25, -0.2) is 0 Å². The summed E-state index contributed by atoms with van der Waals surface area (Å²) >= 11 is 1.99. The molecule has 0 fully saturated rings. The molecule has 0 amide bonds. The Balaban J connectivity index is 1.18. The molecule has 2 aliphatic heterocycles. The van der Waals surface area contributed by atoms with E-state index in [2.05, 4.69) is 223 Å². The van der Waals surface area contributed by atoms with E-state index in [1.54, 1.807) is 0 Å². The molecule has 7 aromatic carbocycles. The number of aromatic nitrogens is 1. The molecule has 3 aliphatic carbocycles. The molecule has 0 N–H and O–H groups in total. The quantitative estimate of drug-likeness (QED) is 0.153. The number of hydrogen-bond donors (Lipinski definition) is 0. The Labute approximate surface area is 454 Å². The summed E-state index contributed by atoms with van der Waals surface area (Å²) in [6.45, 7) is 38.6. The molecular weight excluding hydrogens is 940 g/mol. The third-order valence-electron chi connectivity index (χ3n) is 20.4. The van der Waals surface area contributed by atoms with Crippen molar-refractivity contribution in [2.24, 2.45) is 0 Å². The Kier molecular flexibility index (Phi) is 8.92. The normalized spacial score (nSPS) is 19.1. The Hall–Kier alpha value is -6.04. The van der Waals surface area contributed by atoms with Gasteiger partial charge >= 0.3 is 6.85 Å². The second-order valence-corrected chi connectivity index (χ2v) is 30.5. The molecule has 0 spiro atoms. The summed E-state index contributed by atoms with van der Waals surface area (Å²) in [5.74, 6) is 0. The molecule has 0 saturated heterocycles. The molecule has 0 saturated carbocycles. The largest absolute Gasteiger partial charge is 0.466 e. The van der Waals surface area contributed by atoms with Crippen LogP contribution in [0.5, 0.6) is 0 Å². The van der Waals surface area contributed by atoms with Crippen molar-refractivity contribution >= 4 is 93.6 Å². The molecule has 3 nitrogen and oxygen atoms in total. The maximum Gasteiger partial charge on any atom is 0.375 e. The summed E-state index contributed by atoms with van der Waals surface area (Å²) in [4.78, 5) is 2.72. The average Bonchev–Trinajstić information content (AvgIpc) is 3.63. The molecular formula is C71H73BN2OS. The van der Waals surface area contributed by atoms with Crippen LogP contribution in [0.25, 0.3) is 80.9 Å². The highest BCUT2D eigenvalue weighted by Crippen LogP contribution is 2.61. The second-order valence-electron chi connectivity index (χ2n) is 29.4. The summed E-state index contributed by atoms with van der Waals surface area (Å²) in [6.07, 6.45) is 4.72. The fraction of sp³-hybridized carbons (Fsp3) is 0.380. The maximum atomic E-state index is 7.70. The van der Waals surface area contributed by atoms with E-state index < -0.39 is 0 Å². The summed E-state index contributed by atoms with van der Waals surface area (Å²) in [6, 6.07) is 41.9. The van der Waals surface area contributed by atoms with Crippen LogP contribution in [0.1, 0.15) is 181 Å². The fourth-order valence-electron chi connectivity index (χ4n) is 15.6. The lowest BCUT2D eigenvalue weighted by atomic mass is 9.45. The summed E-state index contributed by atoms with van der Waals surface area (Å²) in [5.41, 5.74) is 26.6.